The highest BCUT2D eigenvalue weighted by atomic mass is 32.2. The first-order valence-electron chi connectivity index (χ1n) is 8.86. The summed E-state index contributed by atoms with van der Waals surface area (Å²) < 4.78 is 27.4. The van der Waals surface area contributed by atoms with Crippen LogP contribution in [0.1, 0.15) is 15.9 Å². The number of para-hydroxylation sites is 1. The summed E-state index contributed by atoms with van der Waals surface area (Å²) in [5.74, 6) is -0.345. The van der Waals surface area contributed by atoms with Crippen LogP contribution < -0.4 is 5.43 Å². The molecular weight excluding hydrogens is 386 g/mol. The van der Waals surface area contributed by atoms with Crippen LogP contribution in [0.2, 0.25) is 0 Å². The molecule has 0 atom stereocenters. The first kappa shape index (κ1) is 18.6. The monoisotopic (exact) mass is 403 g/mol. The lowest BCUT2D eigenvalue weighted by Crippen LogP contribution is -2.17. The fourth-order valence-electron chi connectivity index (χ4n) is 3.00. The number of fused-ring (bicyclic) bond motifs is 1. The summed E-state index contributed by atoms with van der Waals surface area (Å²) in [5, 5.41) is 4.72. The van der Waals surface area contributed by atoms with Crippen molar-refractivity contribution in [2.75, 3.05) is 0 Å². The van der Waals surface area contributed by atoms with Crippen LogP contribution >= 0.6 is 0 Å². The molecule has 3 aromatic carbocycles. The van der Waals surface area contributed by atoms with Crippen molar-refractivity contribution in [1.82, 2.24) is 9.40 Å². The Labute approximate surface area is 168 Å². The number of rotatable bonds is 5. The summed E-state index contributed by atoms with van der Waals surface area (Å²) in [6.45, 7) is 0. The van der Waals surface area contributed by atoms with Gasteiger partial charge in [-0.2, -0.15) is 5.10 Å². The molecule has 4 rings (SSSR count). The average molecular weight is 403 g/mol. The van der Waals surface area contributed by atoms with Gasteiger partial charge in [0.25, 0.3) is 15.9 Å². The molecule has 1 amide bonds. The third-order valence-electron chi connectivity index (χ3n) is 4.41. The predicted molar refractivity (Wildman–Crippen MR) is 112 cm³/mol. The van der Waals surface area contributed by atoms with Crippen LogP contribution in [-0.2, 0) is 10.0 Å². The van der Waals surface area contributed by atoms with E-state index in [2.05, 4.69) is 10.5 Å². The van der Waals surface area contributed by atoms with Crippen LogP contribution in [-0.4, -0.2) is 24.5 Å². The van der Waals surface area contributed by atoms with Crippen molar-refractivity contribution in [1.29, 1.82) is 0 Å². The highest BCUT2D eigenvalue weighted by Crippen LogP contribution is 2.25. The number of nitrogens with one attached hydrogen (secondary N) is 1. The van der Waals surface area contributed by atoms with E-state index in [0.717, 1.165) is 0 Å². The number of hydrogen-bond acceptors (Lipinski definition) is 4. The van der Waals surface area contributed by atoms with Gasteiger partial charge in [-0.25, -0.2) is 17.8 Å². The normalized spacial score (nSPS) is 11.7. The van der Waals surface area contributed by atoms with Crippen LogP contribution in [0.4, 0.5) is 0 Å². The van der Waals surface area contributed by atoms with E-state index in [1.807, 2.05) is 18.2 Å². The van der Waals surface area contributed by atoms with E-state index >= 15 is 0 Å². The molecule has 4 aromatic rings. The van der Waals surface area contributed by atoms with Crippen molar-refractivity contribution in [2.24, 2.45) is 5.10 Å². The molecule has 0 fully saturated rings. The Hall–Kier alpha value is -3.71. The number of amides is 1. The molecule has 0 bridgehead atoms. The Bertz CT molecular complexity index is 1300. The molecule has 0 aliphatic rings. The van der Waals surface area contributed by atoms with Crippen molar-refractivity contribution in [2.45, 2.75) is 4.90 Å². The van der Waals surface area contributed by atoms with Gasteiger partial charge in [0.05, 0.1) is 16.6 Å². The maximum Gasteiger partial charge on any atom is 0.271 e. The van der Waals surface area contributed by atoms with E-state index in [-0.39, 0.29) is 10.8 Å². The van der Waals surface area contributed by atoms with Crippen LogP contribution in [0.25, 0.3) is 10.9 Å². The van der Waals surface area contributed by atoms with Gasteiger partial charge in [0.15, 0.2) is 0 Å². The highest BCUT2D eigenvalue weighted by molar-refractivity contribution is 7.90. The van der Waals surface area contributed by atoms with E-state index in [1.165, 1.54) is 16.4 Å². The fraction of sp³-hybridized carbons (Fsp3) is 0. The maximum atomic E-state index is 13.1. The van der Waals surface area contributed by atoms with Crippen molar-refractivity contribution in [3.63, 3.8) is 0 Å². The van der Waals surface area contributed by atoms with Crippen LogP contribution in [0.3, 0.4) is 0 Å². The minimum Gasteiger partial charge on any atom is -0.267 e. The lowest BCUT2D eigenvalue weighted by atomic mass is 10.2. The number of hydrogen-bond donors (Lipinski definition) is 1. The van der Waals surface area contributed by atoms with Gasteiger partial charge in [-0.3, -0.25) is 4.79 Å². The second kappa shape index (κ2) is 7.73. The molecule has 0 spiro atoms. The van der Waals surface area contributed by atoms with Crippen LogP contribution in [0.15, 0.2) is 101 Å². The zero-order chi connectivity index (χ0) is 20.3. The molecule has 1 heterocycles. The van der Waals surface area contributed by atoms with Crippen molar-refractivity contribution in [3.8, 4) is 0 Å². The molecule has 144 valence electrons. The van der Waals surface area contributed by atoms with Gasteiger partial charge in [0.1, 0.15) is 0 Å². The lowest BCUT2D eigenvalue weighted by Gasteiger charge is -2.07. The second-order valence-electron chi connectivity index (χ2n) is 6.28. The Morgan fingerprint density at radius 2 is 1.48 bits per heavy atom. The van der Waals surface area contributed by atoms with E-state index < -0.39 is 10.0 Å². The SMILES string of the molecule is O=C(N/N=C\c1cn(S(=O)(=O)c2ccccc2)c2ccccc12)c1ccccc1. The number of benzene rings is 3. The van der Waals surface area contributed by atoms with Gasteiger partial charge in [-0.05, 0) is 30.3 Å². The highest BCUT2D eigenvalue weighted by Gasteiger charge is 2.20. The molecule has 0 saturated carbocycles. The molecule has 6 nitrogen and oxygen atoms in total. The summed E-state index contributed by atoms with van der Waals surface area (Å²) in [4.78, 5) is 12.3. The molecule has 1 aromatic heterocycles. The maximum absolute atomic E-state index is 13.1. The molecule has 0 aliphatic heterocycles. The topological polar surface area (TPSA) is 80.5 Å². The van der Waals surface area contributed by atoms with Crippen LogP contribution in [0.5, 0.6) is 0 Å². The molecule has 1 N–H and O–H groups in total. The van der Waals surface area contributed by atoms with Gasteiger partial charge in [-0.15, -0.1) is 0 Å². The number of nitrogens with zero attached hydrogens (tertiary/aromatic N) is 2. The Morgan fingerprint density at radius 3 is 2.21 bits per heavy atom. The average Bonchev–Trinajstić information content (AvgIpc) is 3.14. The third kappa shape index (κ3) is 3.68. The molecule has 0 aliphatic carbocycles. The minimum absolute atomic E-state index is 0.196. The summed E-state index contributed by atoms with van der Waals surface area (Å²) in [5.41, 5.74) is 4.06. The summed E-state index contributed by atoms with van der Waals surface area (Å²) in [7, 11) is -3.76. The Balaban J connectivity index is 1.69. The third-order valence-corrected chi connectivity index (χ3v) is 6.10. The summed E-state index contributed by atoms with van der Waals surface area (Å²) >= 11 is 0. The predicted octanol–water partition coefficient (Wildman–Crippen LogP) is 3.64. The van der Waals surface area contributed by atoms with E-state index in [0.29, 0.717) is 22.0 Å². The van der Waals surface area contributed by atoms with Crippen molar-refractivity contribution in [3.05, 3.63) is 102 Å². The zero-order valence-electron chi connectivity index (χ0n) is 15.3. The van der Waals surface area contributed by atoms with Crippen LogP contribution in [0, 0.1) is 0 Å². The number of hydrazone groups is 1. The van der Waals surface area contributed by atoms with Gasteiger partial charge in [0.2, 0.25) is 0 Å². The summed E-state index contributed by atoms with van der Waals surface area (Å²) in [6.07, 6.45) is 2.95. The van der Waals surface area contributed by atoms with E-state index in [1.54, 1.807) is 66.7 Å². The number of carbonyl (C=O) groups excluding carboxylic acids is 1. The molecular formula is C22H17N3O3S. The van der Waals surface area contributed by atoms with Crippen molar-refractivity contribution >= 4 is 33.0 Å². The molecule has 0 radical (unpaired) electrons. The number of carbonyl (C=O) groups is 1. The quantitative estimate of drug-likeness (QED) is 0.408. The molecule has 29 heavy (non-hydrogen) atoms. The fourth-order valence-corrected chi connectivity index (χ4v) is 4.40. The second-order valence-corrected chi connectivity index (χ2v) is 8.10. The van der Waals surface area contributed by atoms with Gasteiger partial charge < -0.3 is 0 Å². The lowest BCUT2D eigenvalue weighted by molar-refractivity contribution is 0.0955. The molecule has 7 heteroatoms. The first-order valence-corrected chi connectivity index (χ1v) is 10.3. The Kier molecular flexibility index (Phi) is 4.97. The Morgan fingerprint density at radius 1 is 0.862 bits per heavy atom. The first-order chi connectivity index (χ1) is 14.1. The molecule has 0 unspecified atom stereocenters. The minimum atomic E-state index is -3.76. The molecule has 0 saturated heterocycles. The number of aromatic nitrogens is 1. The van der Waals surface area contributed by atoms with Crippen molar-refractivity contribution < 1.29 is 13.2 Å². The standard InChI is InChI=1S/C22H17N3O3S/c26-22(17-9-3-1-4-10-17)24-23-15-18-16-25(21-14-8-7-13-20(18)21)29(27,28)19-11-5-2-6-12-19/h1-16H,(H,24,26)/b23-15-. The zero-order valence-corrected chi connectivity index (χ0v) is 16.1. The largest absolute Gasteiger partial charge is 0.271 e. The van der Waals surface area contributed by atoms with Gasteiger partial charge >= 0.3 is 0 Å². The van der Waals surface area contributed by atoms with E-state index in [9.17, 15) is 13.2 Å². The van der Waals surface area contributed by atoms with Gasteiger partial charge in [0, 0.05) is 22.7 Å². The summed E-state index contributed by atoms with van der Waals surface area (Å²) in [6, 6.07) is 24.1. The van der Waals surface area contributed by atoms with E-state index in [4.69, 9.17) is 0 Å². The van der Waals surface area contributed by atoms with Gasteiger partial charge in [-0.1, -0.05) is 54.6 Å². The smallest absolute Gasteiger partial charge is 0.267 e.